The maximum absolute atomic E-state index is 11.9. The molecular formula is C18H18Br2N2O3. The number of nitrogens with zero attached hydrogens (tertiary/aromatic N) is 1. The van der Waals surface area contributed by atoms with Gasteiger partial charge in [0.15, 0.2) is 6.61 Å². The highest BCUT2D eigenvalue weighted by Gasteiger charge is 2.09. The number of carbonyl (C=O) groups excluding carboxylic acids is 1. The van der Waals surface area contributed by atoms with Gasteiger partial charge in [0.1, 0.15) is 11.5 Å². The van der Waals surface area contributed by atoms with Gasteiger partial charge in [0, 0.05) is 10.0 Å². The third-order valence-electron chi connectivity index (χ3n) is 3.15. The average Bonchev–Trinajstić information content (AvgIpc) is 2.55. The summed E-state index contributed by atoms with van der Waals surface area (Å²) in [5.41, 5.74) is 4.15. The number of rotatable bonds is 7. The first-order valence-corrected chi connectivity index (χ1v) is 9.22. The van der Waals surface area contributed by atoms with Crippen LogP contribution in [0.3, 0.4) is 0 Å². The highest BCUT2D eigenvalue weighted by molar-refractivity contribution is 9.11. The number of hydrogen-bond acceptors (Lipinski definition) is 4. The second-order valence-corrected chi connectivity index (χ2v) is 6.86. The lowest BCUT2D eigenvalue weighted by molar-refractivity contribution is -0.123. The number of aryl methyl sites for hydroxylation is 1. The third-order valence-corrected chi connectivity index (χ3v) is 4.20. The van der Waals surface area contributed by atoms with Crippen molar-refractivity contribution in [1.82, 2.24) is 5.43 Å². The van der Waals surface area contributed by atoms with Crippen molar-refractivity contribution in [2.75, 3.05) is 13.2 Å². The maximum atomic E-state index is 11.9. The van der Waals surface area contributed by atoms with Crippen molar-refractivity contribution in [3.05, 3.63) is 56.5 Å². The van der Waals surface area contributed by atoms with E-state index in [1.807, 2.05) is 50.2 Å². The average molecular weight is 470 g/mol. The second kappa shape index (κ2) is 9.58. The summed E-state index contributed by atoms with van der Waals surface area (Å²) in [6.07, 6.45) is 1.55. The van der Waals surface area contributed by atoms with Crippen LogP contribution in [0.4, 0.5) is 0 Å². The largest absolute Gasteiger partial charge is 0.493 e. The summed E-state index contributed by atoms with van der Waals surface area (Å²) >= 11 is 6.83. The van der Waals surface area contributed by atoms with Gasteiger partial charge in [0.05, 0.1) is 17.3 Å². The Labute approximate surface area is 163 Å². The van der Waals surface area contributed by atoms with Gasteiger partial charge in [-0.05, 0) is 59.6 Å². The molecule has 0 radical (unpaired) electrons. The summed E-state index contributed by atoms with van der Waals surface area (Å²) in [6.45, 7) is 4.25. The molecule has 1 N–H and O–H groups in total. The molecule has 0 saturated heterocycles. The van der Waals surface area contributed by atoms with E-state index in [1.165, 1.54) is 0 Å². The van der Waals surface area contributed by atoms with Crippen molar-refractivity contribution >= 4 is 44.0 Å². The van der Waals surface area contributed by atoms with E-state index in [-0.39, 0.29) is 12.5 Å². The van der Waals surface area contributed by atoms with Crippen LogP contribution in [0.1, 0.15) is 18.1 Å². The van der Waals surface area contributed by atoms with E-state index >= 15 is 0 Å². The monoisotopic (exact) mass is 468 g/mol. The number of amides is 1. The Kier molecular flexibility index (Phi) is 7.46. The highest BCUT2D eigenvalue weighted by atomic mass is 79.9. The Hall–Kier alpha value is -1.86. The van der Waals surface area contributed by atoms with Gasteiger partial charge >= 0.3 is 0 Å². The van der Waals surface area contributed by atoms with E-state index in [0.29, 0.717) is 18.1 Å². The fourth-order valence-corrected chi connectivity index (χ4v) is 3.64. The number of nitrogens with one attached hydrogen (secondary N) is 1. The predicted molar refractivity (Wildman–Crippen MR) is 105 cm³/mol. The SMILES string of the molecule is CCOc1ccccc1C=NNC(=O)COc1c(C)cc(Br)cc1Br. The second-order valence-electron chi connectivity index (χ2n) is 5.09. The lowest BCUT2D eigenvalue weighted by atomic mass is 10.2. The summed E-state index contributed by atoms with van der Waals surface area (Å²) in [5.74, 6) is 0.997. The van der Waals surface area contributed by atoms with E-state index in [4.69, 9.17) is 9.47 Å². The van der Waals surface area contributed by atoms with Gasteiger partial charge < -0.3 is 9.47 Å². The van der Waals surface area contributed by atoms with Gasteiger partial charge in [0.25, 0.3) is 5.91 Å². The lowest BCUT2D eigenvalue weighted by Crippen LogP contribution is -2.24. The van der Waals surface area contributed by atoms with Gasteiger partial charge in [0.2, 0.25) is 0 Å². The maximum Gasteiger partial charge on any atom is 0.277 e. The van der Waals surface area contributed by atoms with Crippen molar-refractivity contribution in [3.8, 4) is 11.5 Å². The smallest absolute Gasteiger partial charge is 0.277 e. The van der Waals surface area contributed by atoms with E-state index in [0.717, 1.165) is 20.1 Å². The number of hydrogen-bond donors (Lipinski definition) is 1. The third kappa shape index (κ3) is 5.86. The molecule has 0 bridgehead atoms. The minimum absolute atomic E-state index is 0.133. The molecule has 0 aliphatic carbocycles. The summed E-state index contributed by atoms with van der Waals surface area (Å²) < 4.78 is 12.8. The standard InChI is InChI=1S/C18H18Br2N2O3/c1-3-24-16-7-5-4-6-13(16)10-21-22-17(23)11-25-18-12(2)8-14(19)9-15(18)20/h4-10H,3,11H2,1-2H3,(H,22,23). The fourth-order valence-electron chi connectivity index (χ4n) is 2.09. The van der Waals surface area contributed by atoms with Gasteiger partial charge in [-0.25, -0.2) is 5.43 Å². The summed E-state index contributed by atoms with van der Waals surface area (Å²) in [4.78, 5) is 11.9. The van der Waals surface area contributed by atoms with Crippen molar-refractivity contribution in [2.24, 2.45) is 5.10 Å². The van der Waals surface area contributed by atoms with Crippen LogP contribution in [0, 0.1) is 6.92 Å². The number of carbonyl (C=O) groups is 1. The Morgan fingerprint density at radius 3 is 2.72 bits per heavy atom. The number of halogens is 2. The Morgan fingerprint density at radius 2 is 2.00 bits per heavy atom. The lowest BCUT2D eigenvalue weighted by Gasteiger charge is -2.11. The molecule has 0 spiro atoms. The highest BCUT2D eigenvalue weighted by Crippen LogP contribution is 2.32. The molecule has 0 heterocycles. The molecule has 5 nitrogen and oxygen atoms in total. The van der Waals surface area contributed by atoms with E-state index in [2.05, 4.69) is 42.4 Å². The van der Waals surface area contributed by atoms with Crippen LogP contribution in [0.25, 0.3) is 0 Å². The molecule has 0 aromatic heterocycles. The zero-order chi connectivity index (χ0) is 18.2. The molecule has 0 aliphatic heterocycles. The summed E-state index contributed by atoms with van der Waals surface area (Å²) in [5, 5.41) is 3.95. The van der Waals surface area contributed by atoms with Crippen LogP contribution in [0.15, 0.2) is 50.4 Å². The Balaban J connectivity index is 1.91. The molecular weight excluding hydrogens is 452 g/mol. The van der Waals surface area contributed by atoms with E-state index in [9.17, 15) is 4.79 Å². The molecule has 0 saturated carbocycles. The van der Waals surface area contributed by atoms with Crippen LogP contribution < -0.4 is 14.9 Å². The first-order valence-electron chi connectivity index (χ1n) is 7.63. The zero-order valence-corrected chi connectivity index (χ0v) is 17.1. The molecule has 0 aliphatic rings. The van der Waals surface area contributed by atoms with Crippen LogP contribution >= 0.6 is 31.9 Å². The molecule has 0 fully saturated rings. The quantitative estimate of drug-likeness (QED) is 0.481. The van der Waals surface area contributed by atoms with Crippen LogP contribution in [0.2, 0.25) is 0 Å². The molecule has 2 aromatic rings. The van der Waals surface area contributed by atoms with Crippen molar-refractivity contribution in [3.63, 3.8) is 0 Å². The molecule has 7 heteroatoms. The number of para-hydroxylation sites is 1. The Bertz CT molecular complexity index is 756. The number of benzene rings is 2. The van der Waals surface area contributed by atoms with Crippen LogP contribution in [-0.4, -0.2) is 25.3 Å². The fraction of sp³-hybridized carbons (Fsp3) is 0.222. The molecule has 1 amide bonds. The molecule has 2 aromatic carbocycles. The minimum Gasteiger partial charge on any atom is -0.493 e. The van der Waals surface area contributed by atoms with Crippen molar-refractivity contribution in [2.45, 2.75) is 13.8 Å². The molecule has 0 unspecified atom stereocenters. The predicted octanol–water partition coefficient (Wildman–Crippen LogP) is 4.45. The number of ether oxygens (including phenoxy) is 2. The zero-order valence-electron chi connectivity index (χ0n) is 13.9. The van der Waals surface area contributed by atoms with Gasteiger partial charge in [-0.15, -0.1) is 0 Å². The normalized spacial score (nSPS) is 10.7. The van der Waals surface area contributed by atoms with Gasteiger partial charge in [-0.1, -0.05) is 28.1 Å². The number of hydrazone groups is 1. The van der Waals surface area contributed by atoms with Gasteiger partial charge in [-0.2, -0.15) is 5.10 Å². The van der Waals surface area contributed by atoms with Crippen molar-refractivity contribution < 1.29 is 14.3 Å². The Morgan fingerprint density at radius 1 is 1.24 bits per heavy atom. The van der Waals surface area contributed by atoms with Crippen molar-refractivity contribution in [1.29, 1.82) is 0 Å². The molecule has 25 heavy (non-hydrogen) atoms. The molecule has 2 rings (SSSR count). The van der Waals surface area contributed by atoms with Gasteiger partial charge in [-0.3, -0.25) is 4.79 Å². The van der Waals surface area contributed by atoms with Crippen LogP contribution in [-0.2, 0) is 4.79 Å². The van der Waals surface area contributed by atoms with Crippen LogP contribution in [0.5, 0.6) is 11.5 Å². The summed E-state index contributed by atoms with van der Waals surface area (Å²) in [7, 11) is 0. The van der Waals surface area contributed by atoms with E-state index < -0.39 is 0 Å². The minimum atomic E-state index is -0.348. The first kappa shape index (κ1) is 19.5. The molecule has 0 atom stereocenters. The molecule has 132 valence electrons. The summed E-state index contributed by atoms with van der Waals surface area (Å²) in [6, 6.07) is 11.3. The van der Waals surface area contributed by atoms with E-state index in [1.54, 1.807) is 6.21 Å². The topological polar surface area (TPSA) is 59.9 Å². The first-order chi connectivity index (χ1) is 12.0.